The maximum Gasteiger partial charge on any atom is 0.411 e. The minimum atomic E-state index is -1.92. The second kappa shape index (κ2) is 15.7. The Kier molecular flexibility index (Phi) is 11.2. The largest absolute Gasteiger partial charge is 0.453 e. The average molecular weight is 751 g/mol. The molecular weight excluding hydrogens is 714 g/mol. The van der Waals surface area contributed by atoms with Gasteiger partial charge in [0.15, 0.2) is 35.6 Å². The highest BCUT2D eigenvalue weighted by Gasteiger charge is 2.50. The lowest BCUT2D eigenvalue weighted by Gasteiger charge is -2.46. The number of aromatic nitrogens is 5. The molecule has 2 aliphatic rings. The van der Waals surface area contributed by atoms with E-state index in [1.54, 1.807) is 6.07 Å². The molecule has 4 aromatic rings. The molecule has 1 unspecified atom stereocenters. The van der Waals surface area contributed by atoms with E-state index in [-0.39, 0.29) is 46.2 Å². The van der Waals surface area contributed by atoms with Gasteiger partial charge in [0, 0.05) is 5.56 Å². The molecule has 0 aliphatic carbocycles. The minimum Gasteiger partial charge on any atom is -0.453 e. The van der Waals surface area contributed by atoms with Gasteiger partial charge < -0.3 is 65.7 Å². The molecule has 2 saturated heterocycles. The molecular formula is C31H36F2N8O12. The monoisotopic (exact) mass is 750 g/mol. The Bertz CT molecular complexity index is 1940. The third kappa shape index (κ3) is 7.54. The first-order chi connectivity index (χ1) is 25.3. The standard InChI is InChI=1S/C31H36F2N8O12/c1-50-31(49)36-18-25(34)37-26(17-13-6-12(32)7-35-28(13)41(40-17)8-11-4-2-3-5-14(11)33)38-27(18)39-29-22(47)21(46)24(16(10-43)51-29)53-30-23(48)20(45)19(44)15(9-42)52-30/h2-7,15-16,19-24,29-30,42-48H,8-10H2,1H3,(H,36,49)(H3,34,37,38,39)/t15-,16-,19+,20+,21-,22-,23-,24-,29?,30+/m1/s1. The van der Waals surface area contributed by atoms with Gasteiger partial charge in [-0.25, -0.2) is 33.2 Å². The number of nitrogens with two attached hydrogens (primary N) is 1. The summed E-state index contributed by atoms with van der Waals surface area (Å²) in [7, 11) is 1.07. The highest BCUT2D eigenvalue weighted by atomic mass is 19.1. The molecule has 10 atom stereocenters. The molecule has 6 rings (SSSR count). The van der Waals surface area contributed by atoms with Crippen molar-refractivity contribution in [3.05, 3.63) is 53.7 Å². The molecule has 20 nitrogen and oxygen atoms in total. The summed E-state index contributed by atoms with van der Waals surface area (Å²) in [5.74, 6) is -2.28. The second-order valence-corrected chi connectivity index (χ2v) is 12.1. The number of ether oxygens (including phenoxy) is 4. The SMILES string of the molecule is COC(=O)Nc1c(N)nc(-c2nn(Cc3ccccc3F)c3ncc(F)cc23)nc1NC1O[C@H](CO)[C@@H](O[C@@H]2O[C@H](CO)[C@H](O)[C@H](O)[C@H]2O)[C@H](O)[C@H]1O. The van der Waals surface area contributed by atoms with E-state index in [4.69, 9.17) is 19.9 Å². The van der Waals surface area contributed by atoms with Crippen molar-refractivity contribution in [2.75, 3.05) is 36.7 Å². The van der Waals surface area contributed by atoms with E-state index >= 15 is 0 Å². The minimum absolute atomic E-state index is 0.0749. The van der Waals surface area contributed by atoms with E-state index in [9.17, 15) is 49.3 Å². The summed E-state index contributed by atoms with van der Waals surface area (Å²) in [5, 5.41) is 82.2. The van der Waals surface area contributed by atoms with Crippen molar-refractivity contribution in [2.45, 2.75) is 67.9 Å². The van der Waals surface area contributed by atoms with Crippen molar-refractivity contribution in [1.29, 1.82) is 0 Å². The summed E-state index contributed by atoms with van der Waals surface area (Å²) < 4.78 is 51.8. The molecule has 2 fully saturated rings. The summed E-state index contributed by atoms with van der Waals surface area (Å²) in [6.45, 7) is -1.75. The van der Waals surface area contributed by atoms with Crippen molar-refractivity contribution in [3.63, 3.8) is 0 Å². The first kappa shape index (κ1) is 38.0. The Morgan fingerprint density at radius 3 is 2.42 bits per heavy atom. The number of methoxy groups -OCH3 is 1. The van der Waals surface area contributed by atoms with Crippen LogP contribution in [0.2, 0.25) is 0 Å². The number of amides is 1. The Morgan fingerprint density at radius 2 is 1.72 bits per heavy atom. The zero-order chi connectivity index (χ0) is 38.1. The number of pyridine rings is 1. The van der Waals surface area contributed by atoms with Crippen molar-refractivity contribution in [2.24, 2.45) is 0 Å². The van der Waals surface area contributed by atoms with Crippen LogP contribution in [-0.4, -0.2) is 148 Å². The summed E-state index contributed by atoms with van der Waals surface area (Å²) in [6, 6.07) is 7.01. The van der Waals surface area contributed by atoms with Crippen LogP contribution in [0.1, 0.15) is 5.56 Å². The van der Waals surface area contributed by atoms with Gasteiger partial charge in [0.1, 0.15) is 71.8 Å². The third-order valence-electron chi connectivity index (χ3n) is 8.68. The number of nitrogens with one attached hydrogen (secondary N) is 2. The van der Waals surface area contributed by atoms with Crippen LogP contribution in [0, 0.1) is 11.6 Å². The lowest BCUT2D eigenvalue weighted by Crippen LogP contribution is -2.65. The van der Waals surface area contributed by atoms with Crippen molar-refractivity contribution in [3.8, 4) is 11.5 Å². The zero-order valence-electron chi connectivity index (χ0n) is 27.6. The number of rotatable bonds is 10. The van der Waals surface area contributed by atoms with Crippen molar-refractivity contribution < 1.29 is 68.3 Å². The van der Waals surface area contributed by atoms with E-state index < -0.39 is 98.1 Å². The van der Waals surface area contributed by atoms with Gasteiger partial charge in [0.2, 0.25) is 0 Å². The maximum atomic E-state index is 14.6. The van der Waals surface area contributed by atoms with Gasteiger partial charge in [0.05, 0.1) is 38.5 Å². The number of halogens is 2. The predicted molar refractivity (Wildman–Crippen MR) is 174 cm³/mol. The van der Waals surface area contributed by atoms with Crippen LogP contribution in [0.4, 0.5) is 30.9 Å². The van der Waals surface area contributed by atoms with E-state index in [2.05, 4.69) is 35.4 Å². The van der Waals surface area contributed by atoms with Crippen LogP contribution in [-0.2, 0) is 25.5 Å². The molecule has 22 heteroatoms. The van der Waals surface area contributed by atoms with Gasteiger partial charge in [-0.2, -0.15) is 5.10 Å². The molecule has 3 aromatic heterocycles. The number of benzene rings is 1. The van der Waals surface area contributed by atoms with Crippen LogP contribution >= 0.6 is 0 Å². The van der Waals surface area contributed by atoms with E-state index in [1.807, 2.05) is 0 Å². The zero-order valence-corrected chi connectivity index (χ0v) is 27.6. The third-order valence-corrected chi connectivity index (χ3v) is 8.68. The number of nitrogen functional groups attached to an aromatic ring is 1. The first-order valence-corrected chi connectivity index (χ1v) is 16.0. The van der Waals surface area contributed by atoms with Gasteiger partial charge in [-0.15, -0.1) is 0 Å². The number of aliphatic hydroxyl groups is 7. The number of hydrogen-bond donors (Lipinski definition) is 10. The van der Waals surface area contributed by atoms with Gasteiger partial charge >= 0.3 is 6.09 Å². The summed E-state index contributed by atoms with van der Waals surface area (Å²) in [6.07, 6.45) is -17.2. The van der Waals surface area contributed by atoms with Gasteiger partial charge in [0.25, 0.3) is 0 Å². The fraction of sp³-hybridized carbons (Fsp3) is 0.452. The van der Waals surface area contributed by atoms with E-state index in [0.717, 1.165) is 19.4 Å². The van der Waals surface area contributed by atoms with Gasteiger partial charge in [-0.1, -0.05) is 18.2 Å². The fourth-order valence-electron chi connectivity index (χ4n) is 5.91. The maximum absolute atomic E-state index is 14.6. The van der Waals surface area contributed by atoms with Gasteiger partial charge in [-0.3, -0.25) is 5.32 Å². The number of anilines is 3. The summed E-state index contributed by atoms with van der Waals surface area (Å²) >= 11 is 0. The normalized spacial score (nSPS) is 28.9. The number of fused-ring (bicyclic) bond motifs is 1. The van der Waals surface area contributed by atoms with Gasteiger partial charge in [-0.05, 0) is 12.1 Å². The molecule has 1 aromatic carbocycles. The molecule has 1 amide bonds. The lowest BCUT2D eigenvalue weighted by molar-refractivity contribution is -0.340. The summed E-state index contributed by atoms with van der Waals surface area (Å²) in [4.78, 5) is 25.0. The second-order valence-electron chi connectivity index (χ2n) is 12.1. The Hall–Kier alpha value is -4.75. The molecule has 2 aliphatic heterocycles. The fourth-order valence-corrected chi connectivity index (χ4v) is 5.91. The lowest BCUT2D eigenvalue weighted by atomic mass is 9.96. The number of nitrogens with zero attached hydrogens (tertiary/aromatic N) is 5. The molecule has 0 saturated carbocycles. The summed E-state index contributed by atoms with van der Waals surface area (Å²) in [5.41, 5.74) is 6.24. The molecule has 53 heavy (non-hydrogen) atoms. The van der Waals surface area contributed by atoms with E-state index in [0.29, 0.717) is 0 Å². The number of carbonyl (C=O) groups excluding carboxylic acids is 1. The van der Waals surface area contributed by atoms with Crippen molar-refractivity contribution >= 4 is 34.4 Å². The Morgan fingerprint density at radius 1 is 0.981 bits per heavy atom. The molecule has 0 spiro atoms. The van der Waals surface area contributed by atoms with Crippen LogP contribution in [0.15, 0.2) is 36.5 Å². The first-order valence-electron chi connectivity index (χ1n) is 16.0. The molecule has 11 N–H and O–H groups in total. The van der Waals surface area contributed by atoms with Crippen LogP contribution in [0.5, 0.6) is 0 Å². The quantitative estimate of drug-likeness (QED) is 0.0839. The van der Waals surface area contributed by atoms with Crippen molar-refractivity contribution in [1.82, 2.24) is 24.7 Å². The smallest absolute Gasteiger partial charge is 0.411 e. The van der Waals surface area contributed by atoms with Crippen LogP contribution in [0.3, 0.4) is 0 Å². The molecule has 5 heterocycles. The highest BCUT2D eigenvalue weighted by Crippen LogP contribution is 2.35. The highest BCUT2D eigenvalue weighted by molar-refractivity contribution is 5.95. The molecule has 0 bridgehead atoms. The number of hydrogen-bond acceptors (Lipinski definition) is 18. The Balaban J connectivity index is 1.34. The van der Waals surface area contributed by atoms with Crippen LogP contribution in [0.25, 0.3) is 22.6 Å². The van der Waals surface area contributed by atoms with Crippen LogP contribution < -0.4 is 16.4 Å². The predicted octanol–water partition coefficient (Wildman–Crippen LogP) is -1.99. The number of carbonyl (C=O) groups is 1. The Labute approximate surface area is 297 Å². The molecule has 0 radical (unpaired) electrons. The number of aliphatic hydroxyl groups excluding tert-OH is 7. The average Bonchev–Trinajstić information content (AvgIpc) is 3.50. The topological polar surface area (TPSA) is 302 Å². The molecule has 286 valence electrons. The van der Waals surface area contributed by atoms with E-state index in [1.165, 1.54) is 22.9 Å².